The van der Waals surface area contributed by atoms with E-state index in [1.807, 2.05) is 0 Å². The topological polar surface area (TPSA) is 101 Å². The third-order valence-corrected chi connectivity index (χ3v) is 2.17. The summed E-state index contributed by atoms with van der Waals surface area (Å²) in [5.74, 6) is -0.683. The summed E-state index contributed by atoms with van der Waals surface area (Å²) < 4.78 is 13.3. The minimum absolute atomic E-state index is 0.0367. The number of nitrogens with one attached hydrogen (secondary N) is 1. The standard InChI is InChI=1S/C10H6ClFN6/c11-8-16-9(14)18-10(17-8)15-7-3-1-2-6(12)5(7)4-13/h1-3H,(H3,14,15,16,17,18). The lowest BCUT2D eigenvalue weighted by Gasteiger charge is -2.07. The van der Waals surface area contributed by atoms with E-state index in [-0.39, 0.29) is 28.4 Å². The molecule has 6 nitrogen and oxygen atoms in total. The highest BCUT2D eigenvalue weighted by Gasteiger charge is 2.10. The first-order chi connectivity index (χ1) is 8.60. The molecule has 1 aromatic heterocycles. The smallest absolute Gasteiger partial charge is 0.233 e. The minimum Gasteiger partial charge on any atom is -0.368 e. The van der Waals surface area contributed by atoms with Gasteiger partial charge in [0.05, 0.1) is 5.69 Å². The Labute approximate surface area is 106 Å². The molecule has 8 heteroatoms. The summed E-state index contributed by atoms with van der Waals surface area (Å²) in [7, 11) is 0. The summed E-state index contributed by atoms with van der Waals surface area (Å²) in [5, 5.41) is 11.4. The Morgan fingerprint density at radius 2 is 2.11 bits per heavy atom. The predicted molar refractivity (Wildman–Crippen MR) is 63.6 cm³/mol. The maximum atomic E-state index is 13.3. The molecule has 0 amide bonds. The lowest BCUT2D eigenvalue weighted by atomic mass is 10.2. The van der Waals surface area contributed by atoms with Crippen molar-refractivity contribution >= 4 is 29.2 Å². The van der Waals surface area contributed by atoms with E-state index in [2.05, 4.69) is 20.3 Å². The van der Waals surface area contributed by atoms with Gasteiger partial charge in [-0.1, -0.05) is 6.07 Å². The second-order valence-corrected chi connectivity index (χ2v) is 3.52. The van der Waals surface area contributed by atoms with Crippen LogP contribution in [0.1, 0.15) is 5.56 Å². The average Bonchev–Trinajstić information content (AvgIpc) is 2.27. The second kappa shape index (κ2) is 4.81. The number of halogens is 2. The van der Waals surface area contributed by atoms with E-state index >= 15 is 0 Å². The number of benzene rings is 1. The Bertz CT molecular complexity index is 619. The van der Waals surface area contributed by atoms with Crippen molar-refractivity contribution in [3.05, 3.63) is 34.9 Å². The third kappa shape index (κ3) is 2.44. The van der Waals surface area contributed by atoms with Crippen molar-refractivity contribution in [2.24, 2.45) is 0 Å². The molecule has 0 saturated carbocycles. The van der Waals surface area contributed by atoms with E-state index in [9.17, 15) is 4.39 Å². The first kappa shape index (κ1) is 12.0. The molecule has 90 valence electrons. The fourth-order valence-corrected chi connectivity index (χ4v) is 1.45. The summed E-state index contributed by atoms with van der Waals surface area (Å²) in [4.78, 5) is 11.1. The molecule has 0 radical (unpaired) electrons. The van der Waals surface area contributed by atoms with E-state index < -0.39 is 5.82 Å². The normalized spacial score (nSPS) is 9.83. The van der Waals surface area contributed by atoms with Gasteiger partial charge in [0.15, 0.2) is 0 Å². The van der Waals surface area contributed by atoms with Crippen LogP contribution in [-0.4, -0.2) is 15.0 Å². The van der Waals surface area contributed by atoms with Gasteiger partial charge in [-0.05, 0) is 23.7 Å². The first-order valence-electron chi connectivity index (χ1n) is 4.73. The molecule has 1 heterocycles. The predicted octanol–water partition coefficient (Wildman–Crippen LogP) is 1.86. The van der Waals surface area contributed by atoms with E-state index in [1.54, 1.807) is 6.07 Å². The highest BCUT2D eigenvalue weighted by atomic mass is 35.5. The highest BCUT2D eigenvalue weighted by molar-refractivity contribution is 6.28. The quantitative estimate of drug-likeness (QED) is 0.859. The molecule has 1 aromatic carbocycles. The molecule has 0 aliphatic rings. The first-order valence-corrected chi connectivity index (χ1v) is 5.10. The van der Waals surface area contributed by atoms with E-state index in [4.69, 9.17) is 22.6 Å². The third-order valence-electron chi connectivity index (χ3n) is 2.00. The van der Waals surface area contributed by atoms with Crippen molar-refractivity contribution in [2.75, 3.05) is 11.1 Å². The van der Waals surface area contributed by atoms with Crippen LogP contribution in [0.3, 0.4) is 0 Å². The lowest BCUT2D eigenvalue weighted by molar-refractivity contribution is 0.624. The number of nitrogens with zero attached hydrogens (tertiary/aromatic N) is 4. The van der Waals surface area contributed by atoms with E-state index in [0.717, 1.165) is 0 Å². The van der Waals surface area contributed by atoms with E-state index in [1.165, 1.54) is 18.2 Å². The van der Waals surface area contributed by atoms with Crippen LogP contribution in [0, 0.1) is 17.1 Å². The molecule has 0 aliphatic heterocycles. The number of hydrogen-bond donors (Lipinski definition) is 2. The maximum absolute atomic E-state index is 13.3. The molecule has 2 rings (SSSR count). The van der Waals surface area contributed by atoms with Gasteiger partial charge in [0, 0.05) is 0 Å². The number of nitrogens with two attached hydrogens (primary N) is 1. The number of aromatic nitrogens is 3. The summed E-state index contributed by atoms with van der Waals surface area (Å²) in [6.45, 7) is 0. The SMILES string of the molecule is N#Cc1c(F)cccc1Nc1nc(N)nc(Cl)n1. The van der Waals surface area contributed by atoms with Crippen molar-refractivity contribution < 1.29 is 4.39 Å². The van der Waals surface area contributed by atoms with Crippen molar-refractivity contribution in [1.29, 1.82) is 5.26 Å². The average molecular weight is 265 g/mol. The molecular weight excluding hydrogens is 259 g/mol. The van der Waals surface area contributed by atoms with Crippen molar-refractivity contribution in [3.8, 4) is 6.07 Å². The number of nitriles is 1. The Balaban J connectivity index is 2.40. The zero-order valence-electron chi connectivity index (χ0n) is 8.85. The van der Waals surface area contributed by atoms with Crippen LogP contribution in [0.5, 0.6) is 0 Å². The van der Waals surface area contributed by atoms with Crippen LogP contribution in [0.4, 0.5) is 22.0 Å². The number of rotatable bonds is 2. The molecule has 0 saturated heterocycles. The lowest BCUT2D eigenvalue weighted by Crippen LogP contribution is -2.04. The molecule has 0 spiro atoms. The molecule has 2 aromatic rings. The molecule has 0 atom stereocenters. The monoisotopic (exact) mass is 264 g/mol. The zero-order valence-corrected chi connectivity index (χ0v) is 9.61. The van der Waals surface area contributed by atoms with Crippen molar-refractivity contribution in [1.82, 2.24) is 15.0 Å². The van der Waals surface area contributed by atoms with Gasteiger partial charge < -0.3 is 11.1 Å². The van der Waals surface area contributed by atoms with E-state index in [0.29, 0.717) is 0 Å². The number of anilines is 3. The number of hydrogen-bond acceptors (Lipinski definition) is 6. The number of nitrogen functional groups attached to an aromatic ring is 1. The van der Waals surface area contributed by atoms with Gasteiger partial charge in [0.2, 0.25) is 17.2 Å². The van der Waals surface area contributed by atoms with Gasteiger partial charge in [-0.25, -0.2) is 4.39 Å². The van der Waals surface area contributed by atoms with Crippen LogP contribution in [0.15, 0.2) is 18.2 Å². The second-order valence-electron chi connectivity index (χ2n) is 3.19. The van der Waals surface area contributed by atoms with Gasteiger partial charge in [0.25, 0.3) is 0 Å². The molecule has 0 fully saturated rings. The van der Waals surface area contributed by atoms with Crippen molar-refractivity contribution in [3.63, 3.8) is 0 Å². The fraction of sp³-hybridized carbons (Fsp3) is 0. The van der Waals surface area contributed by atoms with Crippen LogP contribution < -0.4 is 11.1 Å². The van der Waals surface area contributed by atoms with Gasteiger partial charge in [-0.2, -0.15) is 20.2 Å². The maximum Gasteiger partial charge on any atom is 0.233 e. The van der Waals surface area contributed by atoms with Crippen LogP contribution in [0.2, 0.25) is 5.28 Å². The molecule has 0 unspecified atom stereocenters. The Morgan fingerprint density at radius 3 is 2.78 bits per heavy atom. The minimum atomic E-state index is -0.643. The summed E-state index contributed by atoms with van der Waals surface area (Å²) in [6, 6.07) is 5.88. The Hall–Kier alpha value is -2.46. The van der Waals surface area contributed by atoms with Crippen LogP contribution in [-0.2, 0) is 0 Å². The van der Waals surface area contributed by atoms with Crippen LogP contribution >= 0.6 is 11.6 Å². The van der Waals surface area contributed by atoms with Gasteiger partial charge >= 0.3 is 0 Å². The fourth-order valence-electron chi connectivity index (χ4n) is 1.28. The molecule has 0 aliphatic carbocycles. The highest BCUT2D eigenvalue weighted by Crippen LogP contribution is 2.21. The van der Waals surface area contributed by atoms with Gasteiger partial charge in [-0.3, -0.25) is 0 Å². The molecule has 3 N–H and O–H groups in total. The molecule has 0 bridgehead atoms. The van der Waals surface area contributed by atoms with Crippen molar-refractivity contribution in [2.45, 2.75) is 0 Å². The Kier molecular flexibility index (Phi) is 3.21. The largest absolute Gasteiger partial charge is 0.368 e. The van der Waals surface area contributed by atoms with Crippen LogP contribution in [0.25, 0.3) is 0 Å². The Morgan fingerprint density at radius 1 is 1.33 bits per heavy atom. The van der Waals surface area contributed by atoms with Gasteiger partial charge in [0.1, 0.15) is 17.4 Å². The summed E-state index contributed by atoms with van der Waals surface area (Å²) in [5.41, 5.74) is 5.46. The summed E-state index contributed by atoms with van der Waals surface area (Å²) in [6.07, 6.45) is 0. The van der Waals surface area contributed by atoms with Gasteiger partial charge in [-0.15, -0.1) is 0 Å². The molecule has 18 heavy (non-hydrogen) atoms. The zero-order chi connectivity index (χ0) is 13.1. The molecular formula is C10H6ClFN6. The summed E-state index contributed by atoms with van der Waals surface area (Å²) >= 11 is 5.60.